The number of rotatable bonds is 4. The summed E-state index contributed by atoms with van der Waals surface area (Å²) in [6.07, 6.45) is 2.48. The lowest BCUT2D eigenvalue weighted by atomic mass is 9.75. The van der Waals surface area contributed by atoms with Gasteiger partial charge in [0.1, 0.15) is 6.61 Å². The van der Waals surface area contributed by atoms with Crippen molar-refractivity contribution < 1.29 is 19.0 Å². The summed E-state index contributed by atoms with van der Waals surface area (Å²) in [6.45, 7) is 12.5. The number of carbonyl (C=O) groups excluding carboxylic acids is 1. The Labute approximate surface area is 169 Å². The van der Waals surface area contributed by atoms with Crippen LogP contribution in [-0.4, -0.2) is 54.6 Å². The van der Waals surface area contributed by atoms with Crippen molar-refractivity contribution >= 4 is 5.97 Å². The largest absolute Gasteiger partial charge is 0.461 e. The van der Waals surface area contributed by atoms with E-state index in [0.29, 0.717) is 25.4 Å². The molecule has 0 bridgehead atoms. The van der Waals surface area contributed by atoms with E-state index in [2.05, 4.69) is 46.6 Å². The van der Waals surface area contributed by atoms with Crippen LogP contribution in [0.2, 0.25) is 0 Å². The Morgan fingerprint density at radius 2 is 1.57 bits per heavy atom. The lowest BCUT2D eigenvalue weighted by Gasteiger charge is -2.59. The fraction of sp³-hybridized carbons (Fsp3) is 0.696. The van der Waals surface area contributed by atoms with Crippen molar-refractivity contribution in [2.24, 2.45) is 5.41 Å². The summed E-state index contributed by atoms with van der Waals surface area (Å²) >= 11 is 0. The molecule has 0 radical (unpaired) electrons. The number of ether oxygens (including phenoxy) is 3. The minimum absolute atomic E-state index is 0.0201. The summed E-state index contributed by atoms with van der Waals surface area (Å²) in [7, 11) is 2.18. The molecular weight excluding hydrogens is 354 g/mol. The Hall–Kier alpha value is -1.43. The van der Waals surface area contributed by atoms with Gasteiger partial charge in [-0.1, -0.05) is 25.1 Å². The molecule has 2 aliphatic heterocycles. The van der Waals surface area contributed by atoms with Crippen molar-refractivity contribution in [3.05, 3.63) is 35.9 Å². The molecule has 5 heteroatoms. The maximum atomic E-state index is 12.3. The van der Waals surface area contributed by atoms with Gasteiger partial charge >= 0.3 is 5.97 Å². The van der Waals surface area contributed by atoms with Crippen LogP contribution >= 0.6 is 0 Å². The molecule has 0 aromatic heterocycles. The first-order chi connectivity index (χ1) is 13.0. The predicted octanol–water partition coefficient (Wildman–Crippen LogP) is 4.27. The molecule has 0 aliphatic carbocycles. The normalized spacial score (nSPS) is 25.4. The van der Waals surface area contributed by atoms with Gasteiger partial charge in [0, 0.05) is 23.9 Å². The molecule has 0 amide bonds. The van der Waals surface area contributed by atoms with Crippen LogP contribution in [0.4, 0.5) is 0 Å². The van der Waals surface area contributed by atoms with Gasteiger partial charge in [-0.25, -0.2) is 4.79 Å². The van der Waals surface area contributed by atoms with Gasteiger partial charge in [0.2, 0.25) is 0 Å². The monoisotopic (exact) mass is 389 g/mol. The standard InChI is InChI=1S/C23H35NO4/c1-7-22(15-26-19(25)18-11-9-8-10-12-18)16-27-23(28-17-22)13-20(2,3)24(6)21(4,5)14-23/h8-12H,7,13-17H2,1-6H3. The van der Waals surface area contributed by atoms with Crippen LogP contribution in [0.15, 0.2) is 30.3 Å². The molecule has 0 atom stereocenters. The highest BCUT2D eigenvalue weighted by atomic mass is 16.7. The number of hydrogen-bond acceptors (Lipinski definition) is 5. The molecule has 1 aromatic rings. The lowest BCUT2D eigenvalue weighted by Crippen LogP contribution is -2.67. The van der Waals surface area contributed by atoms with E-state index >= 15 is 0 Å². The minimum atomic E-state index is -0.568. The first kappa shape index (κ1) is 21.3. The third-order valence-electron chi connectivity index (χ3n) is 6.77. The zero-order valence-electron chi connectivity index (χ0n) is 18.2. The van der Waals surface area contributed by atoms with Crippen molar-refractivity contribution in [1.29, 1.82) is 0 Å². The van der Waals surface area contributed by atoms with E-state index in [1.54, 1.807) is 12.1 Å². The summed E-state index contributed by atoms with van der Waals surface area (Å²) < 4.78 is 18.5. The van der Waals surface area contributed by atoms with Crippen molar-refractivity contribution in [3.63, 3.8) is 0 Å². The third-order valence-corrected chi connectivity index (χ3v) is 6.77. The number of benzene rings is 1. The third kappa shape index (κ3) is 4.12. The highest BCUT2D eigenvalue weighted by Crippen LogP contribution is 2.48. The van der Waals surface area contributed by atoms with Crippen LogP contribution in [0, 0.1) is 5.41 Å². The quantitative estimate of drug-likeness (QED) is 0.720. The lowest BCUT2D eigenvalue weighted by molar-refractivity contribution is -0.344. The summed E-state index contributed by atoms with van der Waals surface area (Å²) in [6, 6.07) is 9.11. The Morgan fingerprint density at radius 1 is 1.04 bits per heavy atom. The molecule has 2 heterocycles. The molecule has 0 unspecified atom stereocenters. The molecular formula is C23H35NO4. The number of likely N-dealkylation sites (tertiary alicyclic amines) is 1. The first-order valence-electron chi connectivity index (χ1n) is 10.3. The molecule has 156 valence electrons. The molecule has 3 rings (SSSR count). The fourth-order valence-electron chi connectivity index (χ4n) is 4.56. The van der Waals surface area contributed by atoms with E-state index in [1.807, 2.05) is 18.2 Å². The van der Waals surface area contributed by atoms with E-state index in [-0.39, 0.29) is 22.5 Å². The van der Waals surface area contributed by atoms with E-state index in [1.165, 1.54) is 0 Å². The average Bonchev–Trinajstić information content (AvgIpc) is 2.66. The molecule has 1 spiro atoms. The van der Waals surface area contributed by atoms with Crippen molar-refractivity contribution in [2.45, 2.75) is 70.7 Å². The molecule has 5 nitrogen and oxygen atoms in total. The van der Waals surface area contributed by atoms with Gasteiger partial charge in [0.15, 0.2) is 5.79 Å². The van der Waals surface area contributed by atoms with Crippen molar-refractivity contribution in [3.8, 4) is 0 Å². The summed E-state index contributed by atoms with van der Waals surface area (Å²) in [5.74, 6) is -0.864. The molecule has 2 fully saturated rings. The molecule has 2 aliphatic rings. The summed E-state index contributed by atoms with van der Waals surface area (Å²) in [5, 5.41) is 0. The maximum absolute atomic E-state index is 12.3. The summed E-state index contributed by atoms with van der Waals surface area (Å²) in [4.78, 5) is 14.8. The number of carbonyl (C=O) groups is 1. The van der Waals surface area contributed by atoms with Gasteiger partial charge in [0.05, 0.1) is 24.2 Å². The van der Waals surface area contributed by atoms with E-state index in [4.69, 9.17) is 14.2 Å². The zero-order chi connectivity index (χ0) is 20.6. The number of hydrogen-bond donors (Lipinski definition) is 0. The first-order valence-corrected chi connectivity index (χ1v) is 10.3. The second-order valence-electron chi connectivity index (χ2n) is 9.82. The molecule has 2 saturated heterocycles. The van der Waals surface area contributed by atoms with Crippen LogP contribution in [-0.2, 0) is 14.2 Å². The van der Waals surface area contributed by atoms with Gasteiger partial charge in [-0.2, -0.15) is 0 Å². The average molecular weight is 390 g/mol. The van der Waals surface area contributed by atoms with Crippen LogP contribution in [0.1, 0.15) is 64.2 Å². The van der Waals surface area contributed by atoms with Crippen LogP contribution in [0.3, 0.4) is 0 Å². The second-order valence-corrected chi connectivity index (χ2v) is 9.82. The molecule has 1 aromatic carbocycles. The number of piperidine rings is 1. The van der Waals surface area contributed by atoms with E-state index in [0.717, 1.165) is 19.3 Å². The SMILES string of the molecule is CCC1(COC(=O)c2ccccc2)COC2(CC(C)(C)N(C)C(C)(C)C2)OC1. The van der Waals surface area contributed by atoms with Gasteiger partial charge in [0.25, 0.3) is 0 Å². The van der Waals surface area contributed by atoms with Crippen molar-refractivity contribution in [1.82, 2.24) is 4.90 Å². The van der Waals surface area contributed by atoms with Gasteiger partial charge in [-0.3, -0.25) is 4.90 Å². The Balaban J connectivity index is 1.66. The highest BCUT2D eigenvalue weighted by molar-refractivity contribution is 5.89. The molecule has 0 N–H and O–H groups in total. The Kier molecular flexibility index (Phi) is 5.65. The Bertz CT molecular complexity index is 670. The molecule has 0 saturated carbocycles. The van der Waals surface area contributed by atoms with Crippen LogP contribution < -0.4 is 0 Å². The van der Waals surface area contributed by atoms with Crippen LogP contribution in [0.5, 0.6) is 0 Å². The topological polar surface area (TPSA) is 48.0 Å². The number of nitrogens with zero attached hydrogens (tertiary/aromatic N) is 1. The van der Waals surface area contributed by atoms with E-state index in [9.17, 15) is 4.79 Å². The predicted molar refractivity (Wildman–Crippen MR) is 109 cm³/mol. The zero-order valence-corrected chi connectivity index (χ0v) is 18.2. The van der Waals surface area contributed by atoms with Crippen molar-refractivity contribution in [2.75, 3.05) is 26.9 Å². The van der Waals surface area contributed by atoms with Crippen LogP contribution in [0.25, 0.3) is 0 Å². The second kappa shape index (κ2) is 7.43. The maximum Gasteiger partial charge on any atom is 0.338 e. The number of esters is 1. The Morgan fingerprint density at radius 3 is 2.07 bits per heavy atom. The van der Waals surface area contributed by atoms with Gasteiger partial charge in [-0.15, -0.1) is 0 Å². The summed E-state index contributed by atoms with van der Waals surface area (Å²) in [5.41, 5.74) is 0.233. The highest BCUT2D eigenvalue weighted by Gasteiger charge is 2.55. The minimum Gasteiger partial charge on any atom is -0.461 e. The fourth-order valence-corrected chi connectivity index (χ4v) is 4.56. The smallest absolute Gasteiger partial charge is 0.338 e. The van der Waals surface area contributed by atoms with Gasteiger partial charge < -0.3 is 14.2 Å². The van der Waals surface area contributed by atoms with E-state index < -0.39 is 5.79 Å². The molecule has 28 heavy (non-hydrogen) atoms. The van der Waals surface area contributed by atoms with Gasteiger partial charge in [-0.05, 0) is 53.3 Å².